The van der Waals surface area contributed by atoms with Gasteiger partial charge in [0.15, 0.2) is 0 Å². The average molecular weight is 216 g/mol. The average Bonchev–Trinajstić information content (AvgIpc) is 2.16. The molecule has 0 fully saturated rings. The zero-order chi connectivity index (χ0) is 11.8. The summed E-state index contributed by atoms with van der Waals surface area (Å²) in [6, 6.07) is 0.136. The van der Waals surface area contributed by atoms with E-state index in [1.165, 1.54) is 0 Å². The Balaban J connectivity index is 3.82. The first-order valence-electron chi connectivity index (χ1n) is 5.49. The molecule has 4 heteroatoms. The van der Waals surface area contributed by atoms with Gasteiger partial charge >= 0.3 is 0 Å². The van der Waals surface area contributed by atoms with Gasteiger partial charge in [-0.2, -0.15) is 0 Å². The molecule has 0 aliphatic carbocycles. The van der Waals surface area contributed by atoms with Crippen LogP contribution in [0.3, 0.4) is 0 Å². The zero-order valence-electron chi connectivity index (χ0n) is 10.2. The van der Waals surface area contributed by atoms with Crippen LogP contribution < -0.4 is 11.1 Å². The van der Waals surface area contributed by atoms with E-state index in [-0.39, 0.29) is 17.9 Å². The van der Waals surface area contributed by atoms with E-state index in [1.54, 1.807) is 7.11 Å². The summed E-state index contributed by atoms with van der Waals surface area (Å²) in [5, 5.41) is 2.95. The minimum Gasteiger partial charge on any atom is -0.384 e. The van der Waals surface area contributed by atoms with E-state index in [0.717, 1.165) is 0 Å². The molecule has 3 unspecified atom stereocenters. The summed E-state index contributed by atoms with van der Waals surface area (Å²) in [4.78, 5) is 11.6. The summed E-state index contributed by atoms with van der Waals surface area (Å²) >= 11 is 0. The van der Waals surface area contributed by atoms with Gasteiger partial charge in [0.2, 0.25) is 5.91 Å². The molecule has 0 rings (SSSR count). The highest BCUT2D eigenvalue weighted by Crippen LogP contribution is 2.04. The number of nitrogens with two attached hydrogens (primary N) is 1. The molecule has 4 nitrogen and oxygen atoms in total. The van der Waals surface area contributed by atoms with Crippen LogP contribution in [0.2, 0.25) is 0 Å². The predicted molar refractivity (Wildman–Crippen MR) is 61.5 cm³/mol. The van der Waals surface area contributed by atoms with E-state index in [9.17, 15) is 4.79 Å². The normalized spacial score (nSPS) is 16.9. The van der Waals surface area contributed by atoms with Crippen LogP contribution in [-0.4, -0.2) is 32.2 Å². The van der Waals surface area contributed by atoms with Gasteiger partial charge in [0, 0.05) is 26.2 Å². The predicted octanol–water partition coefficient (Wildman–Crippen LogP) is 0.759. The van der Waals surface area contributed by atoms with Gasteiger partial charge in [-0.05, 0) is 25.3 Å². The Bertz CT molecular complexity index is 185. The van der Waals surface area contributed by atoms with E-state index >= 15 is 0 Å². The second-order valence-electron chi connectivity index (χ2n) is 4.33. The zero-order valence-corrected chi connectivity index (χ0v) is 10.2. The molecular weight excluding hydrogens is 192 g/mol. The van der Waals surface area contributed by atoms with E-state index in [4.69, 9.17) is 10.5 Å². The lowest BCUT2D eigenvalue weighted by atomic mass is 10.0. The number of rotatable bonds is 7. The molecule has 0 aromatic rings. The van der Waals surface area contributed by atoms with Crippen LogP contribution in [0.4, 0.5) is 0 Å². The van der Waals surface area contributed by atoms with Crippen LogP contribution in [0.25, 0.3) is 0 Å². The standard InChI is InChI=1S/C11H24N2O2/c1-8(7-15-4)5-11(14)13-10(3)9(2)6-12/h8-10H,5-7,12H2,1-4H3,(H,13,14). The Hall–Kier alpha value is -0.610. The summed E-state index contributed by atoms with van der Waals surface area (Å²) in [5.41, 5.74) is 5.53. The molecule has 0 heterocycles. The molecule has 0 aromatic carbocycles. The van der Waals surface area contributed by atoms with Gasteiger partial charge in [-0.3, -0.25) is 4.79 Å². The fraction of sp³-hybridized carbons (Fsp3) is 0.909. The molecule has 3 N–H and O–H groups in total. The van der Waals surface area contributed by atoms with Crippen molar-refractivity contribution < 1.29 is 9.53 Å². The van der Waals surface area contributed by atoms with Gasteiger partial charge < -0.3 is 15.8 Å². The molecule has 0 spiro atoms. The highest BCUT2D eigenvalue weighted by atomic mass is 16.5. The van der Waals surface area contributed by atoms with E-state index in [2.05, 4.69) is 5.32 Å². The number of hydrogen-bond donors (Lipinski definition) is 2. The van der Waals surface area contributed by atoms with Crippen molar-refractivity contribution >= 4 is 5.91 Å². The third-order valence-corrected chi connectivity index (χ3v) is 2.60. The van der Waals surface area contributed by atoms with E-state index in [1.807, 2.05) is 20.8 Å². The van der Waals surface area contributed by atoms with Crippen molar-refractivity contribution in [2.75, 3.05) is 20.3 Å². The molecule has 1 amide bonds. The van der Waals surface area contributed by atoms with Crippen LogP contribution in [0.1, 0.15) is 27.2 Å². The maximum Gasteiger partial charge on any atom is 0.220 e. The van der Waals surface area contributed by atoms with Crippen LogP contribution in [0.5, 0.6) is 0 Å². The summed E-state index contributed by atoms with van der Waals surface area (Å²) in [6.45, 7) is 7.23. The Morgan fingerprint density at radius 2 is 2.00 bits per heavy atom. The van der Waals surface area contributed by atoms with Crippen molar-refractivity contribution in [3.05, 3.63) is 0 Å². The number of hydrogen-bond acceptors (Lipinski definition) is 3. The molecule has 0 radical (unpaired) electrons. The Morgan fingerprint density at radius 3 is 2.47 bits per heavy atom. The number of amides is 1. The van der Waals surface area contributed by atoms with Gasteiger partial charge in [-0.15, -0.1) is 0 Å². The second kappa shape index (κ2) is 7.65. The Morgan fingerprint density at radius 1 is 1.40 bits per heavy atom. The number of ether oxygens (including phenoxy) is 1. The third kappa shape index (κ3) is 6.47. The molecule has 0 saturated heterocycles. The summed E-state index contributed by atoms with van der Waals surface area (Å²) < 4.78 is 4.98. The molecule has 0 aromatic heterocycles. The van der Waals surface area contributed by atoms with Gasteiger partial charge in [-0.25, -0.2) is 0 Å². The summed E-state index contributed by atoms with van der Waals surface area (Å²) in [5.74, 6) is 0.648. The fourth-order valence-electron chi connectivity index (χ4n) is 1.32. The number of carbonyl (C=O) groups excluding carboxylic acids is 1. The third-order valence-electron chi connectivity index (χ3n) is 2.60. The van der Waals surface area contributed by atoms with E-state index in [0.29, 0.717) is 25.5 Å². The van der Waals surface area contributed by atoms with Crippen molar-refractivity contribution in [1.29, 1.82) is 0 Å². The quantitative estimate of drug-likeness (QED) is 0.660. The Labute approximate surface area is 92.6 Å². The first-order valence-corrected chi connectivity index (χ1v) is 5.49. The highest BCUT2D eigenvalue weighted by Gasteiger charge is 2.15. The molecule has 0 saturated carbocycles. The van der Waals surface area contributed by atoms with Crippen molar-refractivity contribution in [2.45, 2.75) is 33.2 Å². The van der Waals surface area contributed by atoms with Crippen LogP contribution in [0.15, 0.2) is 0 Å². The highest BCUT2D eigenvalue weighted by molar-refractivity contribution is 5.76. The minimum absolute atomic E-state index is 0.0762. The smallest absolute Gasteiger partial charge is 0.220 e. The topological polar surface area (TPSA) is 64.3 Å². The van der Waals surface area contributed by atoms with Crippen molar-refractivity contribution in [2.24, 2.45) is 17.6 Å². The second-order valence-corrected chi connectivity index (χ2v) is 4.33. The molecular formula is C11H24N2O2. The number of methoxy groups -OCH3 is 1. The monoisotopic (exact) mass is 216 g/mol. The number of nitrogens with one attached hydrogen (secondary N) is 1. The molecule has 0 aliphatic rings. The van der Waals surface area contributed by atoms with Crippen molar-refractivity contribution in [3.63, 3.8) is 0 Å². The largest absolute Gasteiger partial charge is 0.384 e. The van der Waals surface area contributed by atoms with Crippen LogP contribution in [0, 0.1) is 11.8 Å². The summed E-state index contributed by atoms with van der Waals surface area (Å²) in [6.07, 6.45) is 0.509. The first kappa shape index (κ1) is 14.4. The lowest BCUT2D eigenvalue weighted by Crippen LogP contribution is -2.40. The summed E-state index contributed by atoms with van der Waals surface area (Å²) in [7, 11) is 1.65. The number of carbonyl (C=O) groups is 1. The van der Waals surface area contributed by atoms with Gasteiger partial charge in [-0.1, -0.05) is 13.8 Å². The molecule has 0 bridgehead atoms. The van der Waals surface area contributed by atoms with Gasteiger partial charge in [0.05, 0.1) is 0 Å². The molecule has 3 atom stereocenters. The molecule has 15 heavy (non-hydrogen) atoms. The van der Waals surface area contributed by atoms with Gasteiger partial charge in [0.25, 0.3) is 0 Å². The van der Waals surface area contributed by atoms with E-state index < -0.39 is 0 Å². The lowest BCUT2D eigenvalue weighted by Gasteiger charge is -2.20. The van der Waals surface area contributed by atoms with Crippen molar-refractivity contribution in [1.82, 2.24) is 5.32 Å². The lowest BCUT2D eigenvalue weighted by molar-refractivity contribution is -0.123. The van der Waals surface area contributed by atoms with Gasteiger partial charge in [0.1, 0.15) is 0 Å². The Kier molecular flexibility index (Phi) is 7.34. The van der Waals surface area contributed by atoms with Crippen LogP contribution >= 0.6 is 0 Å². The maximum atomic E-state index is 11.6. The van der Waals surface area contributed by atoms with Crippen LogP contribution in [-0.2, 0) is 9.53 Å². The maximum absolute atomic E-state index is 11.6. The molecule has 90 valence electrons. The SMILES string of the molecule is COCC(C)CC(=O)NC(C)C(C)CN. The van der Waals surface area contributed by atoms with Crippen molar-refractivity contribution in [3.8, 4) is 0 Å². The molecule has 0 aliphatic heterocycles. The minimum atomic E-state index is 0.0762. The first-order chi connectivity index (χ1) is 7.01. The fourth-order valence-corrected chi connectivity index (χ4v) is 1.32.